The van der Waals surface area contributed by atoms with Gasteiger partial charge in [0.25, 0.3) is 0 Å². The average molecular weight is 280 g/mol. The second-order valence-electron chi connectivity index (χ2n) is 5.23. The van der Waals surface area contributed by atoms with Gasteiger partial charge in [-0.3, -0.25) is 4.90 Å². The summed E-state index contributed by atoms with van der Waals surface area (Å²) in [5, 5.41) is 3.37. The fourth-order valence-corrected chi connectivity index (χ4v) is 3.56. The molecule has 1 aromatic rings. The van der Waals surface area contributed by atoms with Crippen molar-refractivity contribution in [1.82, 2.24) is 10.2 Å². The lowest BCUT2D eigenvalue weighted by Gasteiger charge is -2.48. The van der Waals surface area contributed by atoms with E-state index >= 15 is 0 Å². The summed E-state index contributed by atoms with van der Waals surface area (Å²) < 4.78 is 14.2. The molecule has 3 heteroatoms. The zero-order valence-electron chi connectivity index (χ0n) is 13.5. The molecule has 1 atom stereocenters. The van der Waals surface area contributed by atoms with Crippen LogP contribution in [0.2, 0.25) is 0 Å². The highest BCUT2D eigenvalue weighted by Gasteiger charge is 2.40. The Morgan fingerprint density at radius 2 is 1.65 bits per heavy atom. The van der Waals surface area contributed by atoms with Crippen molar-refractivity contribution in [3.63, 3.8) is 0 Å². The number of likely N-dealkylation sites (N-methyl/N-ethyl adjacent to an activating group) is 2. The van der Waals surface area contributed by atoms with Gasteiger partial charge in [-0.25, -0.2) is 4.39 Å². The van der Waals surface area contributed by atoms with Gasteiger partial charge in [-0.15, -0.1) is 0 Å². The van der Waals surface area contributed by atoms with Gasteiger partial charge in [0.15, 0.2) is 0 Å². The van der Waals surface area contributed by atoms with Crippen molar-refractivity contribution in [2.45, 2.75) is 52.1 Å². The van der Waals surface area contributed by atoms with Gasteiger partial charge >= 0.3 is 0 Å². The number of nitrogens with zero attached hydrogens (tertiary/aromatic N) is 1. The molecule has 1 rings (SSSR count). The lowest BCUT2D eigenvalue weighted by atomic mass is 9.79. The number of benzene rings is 1. The Labute approximate surface area is 123 Å². The van der Waals surface area contributed by atoms with E-state index in [1.807, 2.05) is 19.2 Å². The van der Waals surface area contributed by atoms with Crippen LogP contribution in [-0.4, -0.2) is 30.6 Å². The zero-order valence-corrected chi connectivity index (χ0v) is 13.5. The molecule has 1 N–H and O–H groups in total. The van der Waals surface area contributed by atoms with Crippen molar-refractivity contribution in [2.24, 2.45) is 0 Å². The number of hydrogen-bond donors (Lipinski definition) is 1. The summed E-state index contributed by atoms with van der Waals surface area (Å²) in [6.45, 7) is 10.7. The molecule has 1 unspecified atom stereocenters. The number of halogens is 1. The second kappa shape index (κ2) is 7.75. The van der Waals surface area contributed by atoms with Crippen LogP contribution in [0.4, 0.5) is 4.39 Å². The number of nitrogens with one attached hydrogen (secondary N) is 1. The Bertz CT molecular complexity index is 398. The molecule has 0 aliphatic rings. The molecule has 114 valence electrons. The third kappa shape index (κ3) is 3.04. The molecular weight excluding hydrogens is 251 g/mol. The third-order valence-corrected chi connectivity index (χ3v) is 4.66. The highest BCUT2D eigenvalue weighted by Crippen LogP contribution is 2.38. The maximum atomic E-state index is 14.2. The normalized spacial score (nSPS) is 13.8. The van der Waals surface area contributed by atoms with Gasteiger partial charge in [0.2, 0.25) is 0 Å². The molecular formula is C17H29FN2. The Morgan fingerprint density at radius 1 is 1.10 bits per heavy atom. The minimum absolute atomic E-state index is 0.00130. The Balaban J connectivity index is 3.32. The van der Waals surface area contributed by atoms with Crippen LogP contribution in [0.25, 0.3) is 0 Å². The van der Waals surface area contributed by atoms with Crippen LogP contribution in [0, 0.1) is 5.82 Å². The van der Waals surface area contributed by atoms with Gasteiger partial charge in [0.05, 0.1) is 6.04 Å². The first-order valence-electron chi connectivity index (χ1n) is 7.77. The van der Waals surface area contributed by atoms with E-state index < -0.39 is 0 Å². The lowest BCUT2D eigenvalue weighted by molar-refractivity contribution is 0.0502. The molecule has 20 heavy (non-hydrogen) atoms. The lowest BCUT2D eigenvalue weighted by Crippen LogP contribution is -2.55. The average Bonchev–Trinajstić information content (AvgIpc) is 2.49. The van der Waals surface area contributed by atoms with E-state index in [1.54, 1.807) is 12.1 Å². The molecule has 0 fully saturated rings. The van der Waals surface area contributed by atoms with Crippen LogP contribution in [0.1, 0.15) is 52.1 Å². The SMILES string of the molecule is CCN(CC)C(CC)(CC)C(NC)c1ccccc1F. The molecule has 0 saturated carbocycles. The molecule has 0 amide bonds. The number of hydrogen-bond acceptors (Lipinski definition) is 2. The highest BCUT2D eigenvalue weighted by atomic mass is 19.1. The van der Waals surface area contributed by atoms with Crippen LogP contribution >= 0.6 is 0 Å². The number of rotatable bonds is 8. The molecule has 2 nitrogen and oxygen atoms in total. The first kappa shape index (κ1) is 17.1. The van der Waals surface area contributed by atoms with Crippen molar-refractivity contribution in [3.8, 4) is 0 Å². The minimum atomic E-state index is -0.120. The van der Waals surface area contributed by atoms with E-state index in [9.17, 15) is 4.39 Å². The standard InChI is InChI=1S/C17H29FN2/c1-6-17(7-2,20(8-3)9-4)16(19-5)14-12-10-11-13-15(14)18/h10-13,16,19H,6-9H2,1-5H3. The monoisotopic (exact) mass is 280 g/mol. The maximum absolute atomic E-state index is 14.2. The van der Waals surface area contributed by atoms with Crippen molar-refractivity contribution in [2.75, 3.05) is 20.1 Å². The van der Waals surface area contributed by atoms with Crippen molar-refractivity contribution >= 4 is 0 Å². The molecule has 0 heterocycles. The van der Waals surface area contributed by atoms with Crippen molar-refractivity contribution in [1.29, 1.82) is 0 Å². The van der Waals surface area contributed by atoms with E-state index in [0.717, 1.165) is 31.5 Å². The fraction of sp³-hybridized carbons (Fsp3) is 0.647. The van der Waals surface area contributed by atoms with Crippen LogP contribution < -0.4 is 5.32 Å². The Kier molecular flexibility index (Phi) is 6.63. The summed E-state index contributed by atoms with van der Waals surface area (Å²) in [5.41, 5.74) is 0.714. The van der Waals surface area contributed by atoms with Crippen LogP contribution in [0.15, 0.2) is 24.3 Å². The van der Waals surface area contributed by atoms with E-state index in [1.165, 1.54) is 0 Å². The van der Waals surface area contributed by atoms with Gasteiger partial charge in [-0.1, -0.05) is 45.9 Å². The first-order valence-corrected chi connectivity index (χ1v) is 7.77. The summed E-state index contributed by atoms with van der Waals surface area (Å²) >= 11 is 0. The molecule has 0 aliphatic heterocycles. The topological polar surface area (TPSA) is 15.3 Å². The summed E-state index contributed by atoms with van der Waals surface area (Å²) in [5.74, 6) is -0.120. The van der Waals surface area contributed by atoms with Crippen molar-refractivity contribution in [3.05, 3.63) is 35.6 Å². The molecule has 1 aromatic carbocycles. The summed E-state index contributed by atoms with van der Waals surface area (Å²) in [6.07, 6.45) is 1.98. The highest BCUT2D eigenvalue weighted by molar-refractivity contribution is 5.25. The molecule has 0 aromatic heterocycles. The van der Waals surface area contributed by atoms with Gasteiger partial charge in [0, 0.05) is 11.1 Å². The Hall–Kier alpha value is -0.930. The summed E-state index contributed by atoms with van der Waals surface area (Å²) in [4.78, 5) is 2.46. The zero-order chi connectivity index (χ0) is 15.2. The largest absolute Gasteiger partial charge is 0.311 e. The van der Waals surface area contributed by atoms with Crippen molar-refractivity contribution < 1.29 is 4.39 Å². The maximum Gasteiger partial charge on any atom is 0.128 e. The molecule has 0 spiro atoms. The molecule has 0 bridgehead atoms. The van der Waals surface area contributed by atoms with E-state index in [-0.39, 0.29) is 17.4 Å². The summed E-state index contributed by atoms with van der Waals surface area (Å²) in [7, 11) is 1.93. The first-order chi connectivity index (χ1) is 9.61. The van der Waals surface area contributed by atoms with E-state index in [2.05, 4.69) is 37.9 Å². The minimum Gasteiger partial charge on any atom is -0.311 e. The van der Waals surface area contributed by atoms with Gasteiger partial charge in [0.1, 0.15) is 5.82 Å². The van der Waals surface area contributed by atoms with Gasteiger partial charge < -0.3 is 5.32 Å². The van der Waals surface area contributed by atoms with Crippen LogP contribution in [-0.2, 0) is 0 Å². The quantitative estimate of drug-likeness (QED) is 0.774. The van der Waals surface area contributed by atoms with Gasteiger partial charge in [-0.05, 0) is 39.0 Å². The van der Waals surface area contributed by atoms with E-state index in [4.69, 9.17) is 0 Å². The third-order valence-electron chi connectivity index (χ3n) is 4.66. The van der Waals surface area contributed by atoms with E-state index in [0.29, 0.717) is 0 Å². The van der Waals surface area contributed by atoms with Crippen LogP contribution in [0.3, 0.4) is 0 Å². The van der Waals surface area contributed by atoms with Crippen LogP contribution in [0.5, 0.6) is 0 Å². The fourth-order valence-electron chi connectivity index (χ4n) is 3.56. The molecule has 0 aliphatic carbocycles. The Morgan fingerprint density at radius 3 is 2.05 bits per heavy atom. The van der Waals surface area contributed by atoms with Gasteiger partial charge in [-0.2, -0.15) is 0 Å². The smallest absolute Gasteiger partial charge is 0.128 e. The molecule has 0 saturated heterocycles. The molecule has 0 radical (unpaired) electrons. The predicted octanol–water partition coefficient (Wildman–Crippen LogP) is 3.99. The summed E-state index contributed by atoms with van der Waals surface area (Å²) in [6, 6.07) is 7.13. The second-order valence-corrected chi connectivity index (χ2v) is 5.23. The predicted molar refractivity (Wildman–Crippen MR) is 84.4 cm³/mol.